The Morgan fingerprint density at radius 2 is 0.519 bits per heavy atom. The van der Waals surface area contributed by atoms with Crippen molar-refractivity contribution in [2.24, 2.45) is 0 Å². The molecule has 0 heterocycles. The topological polar surface area (TPSA) is 47.6 Å². The molecule has 0 bridgehead atoms. The van der Waals surface area contributed by atoms with Crippen molar-refractivity contribution in [2.45, 2.75) is 142 Å². The standard InChI is InChI=1S/2C12H26N.Ca/c2*1-2-3-4-5-6-7-8-9-10-11-12-13;/h2*13H,2-12H2,1H3;/q2*-1;+2. The van der Waals surface area contributed by atoms with Gasteiger partial charge in [0.1, 0.15) is 0 Å². The molecule has 0 rings (SSSR count). The van der Waals surface area contributed by atoms with Crippen molar-refractivity contribution in [3.05, 3.63) is 11.5 Å². The number of nitrogens with one attached hydrogen (secondary N) is 2. The minimum absolute atomic E-state index is 0. The zero-order chi connectivity index (χ0) is 19.6. The first-order valence-electron chi connectivity index (χ1n) is 12.1. The molecule has 0 aromatic heterocycles. The van der Waals surface area contributed by atoms with Gasteiger partial charge in [-0.1, -0.05) is 142 Å². The maximum absolute atomic E-state index is 7.00. The molecule has 0 aromatic carbocycles. The minimum Gasteiger partial charge on any atom is -0.677 e. The van der Waals surface area contributed by atoms with Crippen LogP contribution >= 0.6 is 0 Å². The van der Waals surface area contributed by atoms with Crippen LogP contribution in [0.15, 0.2) is 0 Å². The van der Waals surface area contributed by atoms with Gasteiger partial charge in [-0.25, -0.2) is 0 Å². The minimum atomic E-state index is 0. The van der Waals surface area contributed by atoms with Gasteiger partial charge in [-0.15, -0.1) is 0 Å². The molecule has 0 aliphatic heterocycles. The molecular formula is C24H52CaN2. The molecule has 0 aliphatic rings. The third-order valence-electron chi connectivity index (χ3n) is 5.06. The van der Waals surface area contributed by atoms with Gasteiger partial charge in [-0.2, -0.15) is 13.1 Å². The van der Waals surface area contributed by atoms with Crippen LogP contribution in [-0.2, 0) is 0 Å². The molecule has 0 amide bonds. The molecular weight excluding hydrogens is 356 g/mol. The SMILES string of the molecule is CCCCCCCCCCCC[NH-].CCCCCCCCCCCC[NH-].[Ca+2]. The molecule has 3 heteroatoms. The van der Waals surface area contributed by atoms with Crippen LogP contribution in [0, 0.1) is 0 Å². The van der Waals surface area contributed by atoms with E-state index in [1.165, 1.54) is 116 Å². The van der Waals surface area contributed by atoms with Crippen LogP contribution in [0.1, 0.15) is 142 Å². The molecule has 0 aromatic rings. The Balaban J connectivity index is -0.000000411. The fourth-order valence-electron chi connectivity index (χ4n) is 3.22. The van der Waals surface area contributed by atoms with E-state index < -0.39 is 0 Å². The fraction of sp³-hybridized carbons (Fsp3) is 1.00. The van der Waals surface area contributed by atoms with E-state index in [4.69, 9.17) is 11.5 Å². The molecule has 0 saturated heterocycles. The van der Waals surface area contributed by atoms with E-state index in [0.717, 1.165) is 12.8 Å². The summed E-state index contributed by atoms with van der Waals surface area (Å²) in [6.45, 7) is 5.77. The Kier molecular flexibility index (Phi) is 42.2. The predicted molar refractivity (Wildman–Crippen MR) is 128 cm³/mol. The van der Waals surface area contributed by atoms with Crippen LogP contribution in [0.3, 0.4) is 0 Å². The summed E-state index contributed by atoms with van der Waals surface area (Å²) in [5, 5.41) is 0. The summed E-state index contributed by atoms with van der Waals surface area (Å²) >= 11 is 0. The van der Waals surface area contributed by atoms with Crippen molar-refractivity contribution in [1.82, 2.24) is 0 Å². The van der Waals surface area contributed by atoms with Crippen molar-refractivity contribution < 1.29 is 0 Å². The first kappa shape index (κ1) is 32.8. The predicted octanol–water partition coefficient (Wildman–Crippen LogP) is 9.54. The quantitative estimate of drug-likeness (QED) is 0.142. The summed E-state index contributed by atoms with van der Waals surface area (Å²) in [4.78, 5) is 0. The number of rotatable bonds is 20. The van der Waals surface area contributed by atoms with Gasteiger partial charge in [0.2, 0.25) is 0 Å². The Hall–Kier alpha value is 1.18. The summed E-state index contributed by atoms with van der Waals surface area (Å²) in [7, 11) is 0. The van der Waals surface area contributed by atoms with E-state index in [0.29, 0.717) is 13.1 Å². The molecule has 0 aliphatic carbocycles. The van der Waals surface area contributed by atoms with E-state index in [1.807, 2.05) is 0 Å². The second kappa shape index (κ2) is 34.7. The normalized spacial score (nSPS) is 10.2. The first-order chi connectivity index (χ1) is 12.8. The molecule has 0 radical (unpaired) electrons. The van der Waals surface area contributed by atoms with Gasteiger partial charge in [0, 0.05) is 0 Å². The van der Waals surface area contributed by atoms with Gasteiger partial charge in [-0.3, -0.25) is 0 Å². The smallest absolute Gasteiger partial charge is 0.677 e. The van der Waals surface area contributed by atoms with Crippen molar-refractivity contribution in [3.8, 4) is 0 Å². The molecule has 0 spiro atoms. The van der Waals surface area contributed by atoms with Crippen LogP contribution in [-0.4, -0.2) is 50.8 Å². The van der Waals surface area contributed by atoms with Gasteiger partial charge < -0.3 is 11.5 Å². The van der Waals surface area contributed by atoms with E-state index in [2.05, 4.69) is 13.8 Å². The monoisotopic (exact) mass is 408 g/mol. The van der Waals surface area contributed by atoms with E-state index in [1.54, 1.807) is 0 Å². The molecule has 0 atom stereocenters. The average molecular weight is 409 g/mol. The van der Waals surface area contributed by atoms with Gasteiger partial charge >= 0.3 is 37.7 Å². The molecule has 0 unspecified atom stereocenters. The summed E-state index contributed by atoms with van der Waals surface area (Å²) in [6.07, 6.45) is 27.2. The van der Waals surface area contributed by atoms with Crippen molar-refractivity contribution in [2.75, 3.05) is 13.1 Å². The first-order valence-corrected chi connectivity index (χ1v) is 12.1. The van der Waals surface area contributed by atoms with Gasteiger partial charge in [0.15, 0.2) is 0 Å². The third-order valence-corrected chi connectivity index (χ3v) is 5.06. The van der Waals surface area contributed by atoms with Crippen molar-refractivity contribution in [1.29, 1.82) is 0 Å². The second-order valence-electron chi connectivity index (χ2n) is 7.86. The third kappa shape index (κ3) is 38.4. The Morgan fingerprint density at radius 1 is 0.333 bits per heavy atom. The molecule has 27 heavy (non-hydrogen) atoms. The number of unbranched alkanes of at least 4 members (excludes halogenated alkanes) is 18. The Labute approximate surface area is 203 Å². The fourth-order valence-corrected chi connectivity index (χ4v) is 3.22. The van der Waals surface area contributed by atoms with Crippen LogP contribution in [0.4, 0.5) is 0 Å². The van der Waals surface area contributed by atoms with Crippen LogP contribution in [0.2, 0.25) is 0 Å². The summed E-state index contributed by atoms with van der Waals surface area (Å²) in [6, 6.07) is 0. The number of hydrogen-bond donors (Lipinski definition) is 0. The molecule has 2 nitrogen and oxygen atoms in total. The molecule has 0 fully saturated rings. The van der Waals surface area contributed by atoms with E-state index in [-0.39, 0.29) is 37.7 Å². The Morgan fingerprint density at radius 3 is 0.704 bits per heavy atom. The second-order valence-corrected chi connectivity index (χ2v) is 7.86. The zero-order valence-corrected chi connectivity index (χ0v) is 21.5. The van der Waals surface area contributed by atoms with Crippen LogP contribution in [0.5, 0.6) is 0 Å². The maximum Gasteiger partial charge on any atom is 2.00 e. The summed E-state index contributed by atoms with van der Waals surface area (Å²) in [5.41, 5.74) is 14.0. The van der Waals surface area contributed by atoms with Gasteiger partial charge in [0.25, 0.3) is 0 Å². The van der Waals surface area contributed by atoms with E-state index >= 15 is 0 Å². The maximum atomic E-state index is 7.00. The zero-order valence-electron chi connectivity index (χ0n) is 19.3. The average Bonchev–Trinajstić information content (AvgIpc) is 2.66. The van der Waals surface area contributed by atoms with Gasteiger partial charge in [-0.05, 0) is 0 Å². The summed E-state index contributed by atoms with van der Waals surface area (Å²) < 4.78 is 0. The van der Waals surface area contributed by atoms with Crippen LogP contribution in [0.25, 0.3) is 11.5 Å². The number of hydrogen-bond acceptors (Lipinski definition) is 0. The van der Waals surface area contributed by atoms with Crippen LogP contribution < -0.4 is 0 Å². The molecule has 160 valence electrons. The van der Waals surface area contributed by atoms with E-state index in [9.17, 15) is 0 Å². The summed E-state index contributed by atoms with van der Waals surface area (Å²) in [5.74, 6) is 0. The van der Waals surface area contributed by atoms with Crippen molar-refractivity contribution >= 4 is 37.7 Å². The Bertz CT molecular complexity index is 171. The van der Waals surface area contributed by atoms with Crippen molar-refractivity contribution in [3.63, 3.8) is 0 Å². The molecule has 0 saturated carbocycles. The molecule has 2 N–H and O–H groups in total. The van der Waals surface area contributed by atoms with Gasteiger partial charge in [0.05, 0.1) is 0 Å². The largest absolute Gasteiger partial charge is 2.00 e.